The van der Waals surface area contributed by atoms with E-state index in [-0.39, 0.29) is 29.9 Å². The predicted octanol–water partition coefficient (Wildman–Crippen LogP) is 2.88. The van der Waals surface area contributed by atoms with Gasteiger partial charge in [-0.25, -0.2) is 4.98 Å². The van der Waals surface area contributed by atoms with Gasteiger partial charge in [-0.3, -0.25) is 14.2 Å². The Morgan fingerprint density at radius 2 is 2.00 bits per heavy atom. The lowest BCUT2D eigenvalue weighted by atomic mass is 10.1. The number of hydrogen-bond acceptors (Lipinski definition) is 5. The van der Waals surface area contributed by atoms with Gasteiger partial charge in [0.05, 0.1) is 10.3 Å². The van der Waals surface area contributed by atoms with Gasteiger partial charge in [0.15, 0.2) is 0 Å². The fraction of sp³-hybridized carbons (Fsp3) is 0.650. The van der Waals surface area contributed by atoms with Crippen LogP contribution in [0.4, 0.5) is 0 Å². The number of hydrogen-bond donors (Lipinski definition) is 1. The van der Waals surface area contributed by atoms with E-state index in [4.69, 9.17) is 4.98 Å². The molecule has 2 atom stereocenters. The molecule has 2 aromatic heterocycles. The minimum atomic E-state index is 0. The number of halogens is 1. The number of fused-ring (bicyclic) bond motifs is 4. The summed E-state index contributed by atoms with van der Waals surface area (Å²) < 4.78 is 1.85. The van der Waals surface area contributed by atoms with Crippen molar-refractivity contribution in [2.45, 2.75) is 70.5 Å². The summed E-state index contributed by atoms with van der Waals surface area (Å²) in [4.78, 5) is 35.0. The smallest absolute Gasteiger partial charge is 0.264 e. The quantitative estimate of drug-likeness (QED) is 0.767. The Labute approximate surface area is 174 Å². The van der Waals surface area contributed by atoms with Crippen molar-refractivity contribution in [1.82, 2.24) is 19.8 Å². The van der Waals surface area contributed by atoms with Gasteiger partial charge in [0.1, 0.15) is 10.7 Å². The number of aryl methyl sites for hydroxylation is 2. The van der Waals surface area contributed by atoms with Crippen LogP contribution >= 0.6 is 23.7 Å². The van der Waals surface area contributed by atoms with Crippen LogP contribution < -0.4 is 10.9 Å². The maximum atomic E-state index is 13.5. The van der Waals surface area contributed by atoms with E-state index in [1.165, 1.54) is 11.3 Å². The van der Waals surface area contributed by atoms with Crippen molar-refractivity contribution >= 4 is 39.9 Å². The van der Waals surface area contributed by atoms with E-state index < -0.39 is 0 Å². The second-order valence-corrected chi connectivity index (χ2v) is 9.12. The number of aromatic nitrogens is 2. The largest absolute Gasteiger partial charge is 0.331 e. The molecule has 5 heterocycles. The van der Waals surface area contributed by atoms with E-state index in [2.05, 4.69) is 10.2 Å². The molecular formula is C20H27ClN4O2S. The molecular weight excluding hydrogens is 396 g/mol. The van der Waals surface area contributed by atoms with Gasteiger partial charge in [-0.15, -0.1) is 23.7 Å². The molecule has 3 aliphatic heterocycles. The first-order chi connectivity index (χ1) is 13.1. The SMILES string of the molecule is Cc1c(C(=O)N2C3CCNCC2CC3)sc2nc3n(c(=O)c12)CCCCC3.Cl. The molecule has 0 aromatic carbocycles. The molecule has 0 saturated carbocycles. The summed E-state index contributed by atoms with van der Waals surface area (Å²) >= 11 is 1.42. The number of thiophene rings is 1. The fourth-order valence-corrected chi connectivity index (χ4v) is 6.18. The number of nitrogens with zero attached hydrogens (tertiary/aromatic N) is 3. The molecule has 3 aliphatic rings. The van der Waals surface area contributed by atoms with Crippen LogP contribution in [0, 0.1) is 6.92 Å². The third-order valence-electron chi connectivity index (χ3n) is 6.49. The molecule has 8 heteroatoms. The van der Waals surface area contributed by atoms with Gasteiger partial charge in [0, 0.05) is 31.6 Å². The predicted molar refractivity (Wildman–Crippen MR) is 114 cm³/mol. The molecule has 2 saturated heterocycles. The Balaban J connectivity index is 0.00000192. The zero-order valence-electron chi connectivity index (χ0n) is 16.2. The van der Waals surface area contributed by atoms with Crippen molar-refractivity contribution in [1.29, 1.82) is 0 Å². The van der Waals surface area contributed by atoms with Crippen LogP contribution in [0.15, 0.2) is 4.79 Å². The number of nitrogens with one attached hydrogen (secondary N) is 1. The molecule has 2 bridgehead atoms. The number of amides is 1. The van der Waals surface area contributed by atoms with Crippen molar-refractivity contribution in [3.8, 4) is 0 Å². The highest BCUT2D eigenvalue weighted by molar-refractivity contribution is 7.20. The first kappa shape index (κ1) is 19.9. The Bertz CT molecular complexity index is 955. The fourth-order valence-electron chi connectivity index (χ4n) is 5.05. The third-order valence-corrected chi connectivity index (χ3v) is 7.67. The van der Waals surface area contributed by atoms with Crippen molar-refractivity contribution in [3.05, 3.63) is 26.6 Å². The first-order valence-electron chi connectivity index (χ1n) is 10.2. The van der Waals surface area contributed by atoms with Gasteiger partial charge in [-0.2, -0.15) is 0 Å². The Kier molecular flexibility index (Phi) is 5.51. The van der Waals surface area contributed by atoms with Gasteiger partial charge in [0.2, 0.25) is 0 Å². The van der Waals surface area contributed by atoms with Crippen molar-refractivity contribution in [2.24, 2.45) is 0 Å². The van der Waals surface area contributed by atoms with Crippen molar-refractivity contribution in [2.75, 3.05) is 13.1 Å². The van der Waals surface area contributed by atoms with Crippen LogP contribution in [0.3, 0.4) is 0 Å². The van der Waals surface area contributed by atoms with Crippen LogP contribution in [-0.4, -0.2) is 45.5 Å². The summed E-state index contributed by atoms with van der Waals surface area (Å²) in [6.45, 7) is 4.53. The molecule has 1 amide bonds. The summed E-state index contributed by atoms with van der Waals surface area (Å²) in [6.07, 6.45) is 7.29. The number of carbonyl (C=O) groups is 1. The highest BCUT2D eigenvalue weighted by Crippen LogP contribution is 2.34. The third kappa shape index (κ3) is 3.08. The van der Waals surface area contributed by atoms with E-state index in [9.17, 15) is 9.59 Å². The lowest BCUT2D eigenvalue weighted by molar-refractivity contribution is 0.0685. The van der Waals surface area contributed by atoms with Crippen LogP contribution in [0.25, 0.3) is 10.2 Å². The summed E-state index contributed by atoms with van der Waals surface area (Å²) in [5.41, 5.74) is 0.874. The van der Waals surface area contributed by atoms with E-state index in [0.29, 0.717) is 16.3 Å². The topological polar surface area (TPSA) is 67.2 Å². The summed E-state index contributed by atoms with van der Waals surface area (Å²) in [7, 11) is 0. The molecule has 28 heavy (non-hydrogen) atoms. The molecule has 0 spiro atoms. The van der Waals surface area contributed by atoms with Crippen molar-refractivity contribution in [3.63, 3.8) is 0 Å². The van der Waals surface area contributed by atoms with E-state index >= 15 is 0 Å². The highest BCUT2D eigenvalue weighted by Gasteiger charge is 2.39. The van der Waals surface area contributed by atoms with E-state index in [1.54, 1.807) is 0 Å². The molecule has 1 N–H and O–H groups in total. The lowest BCUT2D eigenvalue weighted by Crippen LogP contribution is -2.42. The van der Waals surface area contributed by atoms with Crippen LogP contribution in [0.5, 0.6) is 0 Å². The van der Waals surface area contributed by atoms with E-state index in [0.717, 1.165) is 80.8 Å². The van der Waals surface area contributed by atoms with Gasteiger partial charge < -0.3 is 10.2 Å². The average molecular weight is 423 g/mol. The molecule has 2 fully saturated rings. The molecule has 6 nitrogen and oxygen atoms in total. The second-order valence-electron chi connectivity index (χ2n) is 8.12. The summed E-state index contributed by atoms with van der Waals surface area (Å²) in [6, 6.07) is 0.605. The minimum absolute atomic E-state index is 0. The minimum Gasteiger partial charge on any atom is -0.331 e. The standard InChI is InChI=1S/C20H26N4O2S.ClH/c1-12-16-18(22-15-5-3-2-4-10-23(15)19(16)25)27-17(12)20(26)24-13-6-7-14(24)11-21-9-8-13;/h13-14,21H,2-11H2,1H3;1H. The Morgan fingerprint density at radius 1 is 1.18 bits per heavy atom. The van der Waals surface area contributed by atoms with Gasteiger partial charge in [-0.05, 0) is 51.1 Å². The summed E-state index contributed by atoms with van der Waals surface area (Å²) in [5, 5.41) is 4.11. The molecule has 152 valence electrons. The number of carbonyl (C=O) groups excluding carboxylic acids is 1. The zero-order valence-corrected chi connectivity index (χ0v) is 17.8. The molecule has 2 unspecified atom stereocenters. The van der Waals surface area contributed by atoms with Crippen LogP contribution in [-0.2, 0) is 13.0 Å². The second kappa shape index (κ2) is 7.76. The maximum Gasteiger partial charge on any atom is 0.264 e. The first-order valence-corrected chi connectivity index (χ1v) is 11.0. The Hall–Kier alpha value is -1.44. The van der Waals surface area contributed by atoms with Gasteiger partial charge >= 0.3 is 0 Å². The normalized spacial score (nSPS) is 24.4. The van der Waals surface area contributed by atoms with Gasteiger partial charge in [0.25, 0.3) is 11.5 Å². The molecule has 5 rings (SSSR count). The van der Waals surface area contributed by atoms with Crippen LogP contribution in [0.1, 0.15) is 59.6 Å². The monoisotopic (exact) mass is 422 g/mol. The average Bonchev–Trinajstić information content (AvgIpc) is 2.99. The highest BCUT2D eigenvalue weighted by atomic mass is 35.5. The molecule has 0 aliphatic carbocycles. The molecule has 2 aromatic rings. The molecule has 0 radical (unpaired) electrons. The Morgan fingerprint density at radius 3 is 2.86 bits per heavy atom. The van der Waals surface area contributed by atoms with Crippen molar-refractivity contribution < 1.29 is 4.79 Å². The van der Waals surface area contributed by atoms with E-state index in [1.807, 2.05) is 11.5 Å². The number of rotatable bonds is 1. The zero-order chi connectivity index (χ0) is 18.5. The van der Waals surface area contributed by atoms with Gasteiger partial charge in [-0.1, -0.05) is 6.42 Å². The lowest BCUT2D eigenvalue weighted by Gasteiger charge is -2.27. The maximum absolute atomic E-state index is 13.5. The summed E-state index contributed by atoms with van der Waals surface area (Å²) in [5.74, 6) is 0.996. The van der Waals surface area contributed by atoms with Crippen LogP contribution in [0.2, 0.25) is 0 Å².